The molecule has 0 aromatic heterocycles. The Kier molecular flexibility index (Phi) is 51.4. The van der Waals surface area contributed by atoms with Gasteiger partial charge in [0.2, 0.25) is 0 Å². The Morgan fingerprint density at radius 3 is 1.03 bits per heavy atom. The summed E-state index contributed by atoms with van der Waals surface area (Å²) in [7, 11) is 0. The molecule has 1 atom stereocenters. The van der Waals surface area contributed by atoms with Gasteiger partial charge in [-0.15, -0.1) is 0 Å². The molecule has 0 amide bonds. The molecule has 0 saturated heterocycles. The lowest BCUT2D eigenvalue weighted by Crippen LogP contribution is -2.30. The molecule has 0 aliphatic carbocycles. The highest BCUT2D eigenvalue weighted by Gasteiger charge is 2.19. The molecule has 0 radical (unpaired) electrons. The van der Waals surface area contributed by atoms with Crippen LogP contribution in [0.5, 0.6) is 0 Å². The SMILES string of the molecule is CC/C=C/C=C/C=C/C=C/C=C/CCCC(=O)OCC(COC(=O)CCCCCCCCCCCC/C=C/C=C/CCCCC)OC(=O)CCCCCCCCCCCCCCCCCC. The van der Waals surface area contributed by atoms with Gasteiger partial charge in [0.05, 0.1) is 0 Å². The van der Waals surface area contributed by atoms with Crippen molar-refractivity contribution in [3.05, 3.63) is 85.1 Å². The number of carbonyl (C=O) groups excluding carboxylic acids is 3. The van der Waals surface area contributed by atoms with Crippen molar-refractivity contribution in [3.63, 3.8) is 0 Å². The van der Waals surface area contributed by atoms with Crippen LogP contribution in [0.1, 0.15) is 258 Å². The largest absolute Gasteiger partial charge is 0.462 e. The van der Waals surface area contributed by atoms with E-state index < -0.39 is 6.10 Å². The van der Waals surface area contributed by atoms with Crippen LogP contribution in [0, 0.1) is 0 Å². The molecule has 0 aliphatic rings. The average molecular weight is 919 g/mol. The molecule has 0 heterocycles. The van der Waals surface area contributed by atoms with E-state index in [-0.39, 0.29) is 37.5 Å². The summed E-state index contributed by atoms with van der Waals surface area (Å²) in [5.74, 6) is -0.973. The van der Waals surface area contributed by atoms with E-state index in [1.165, 1.54) is 161 Å². The fourth-order valence-corrected chi connectivity index (χ4v) is 7.64. The standard InChI is InChI=1S/C60H102O6/c1-4-7-10-13-16-19-22-25-27-29-30-31-33-35-38-41-44-47-50-53-59(62)65-56-57(55-64-58(61)52-49-46-43-40-37-34-24-21-18-15-12-9-6-3)66-60(63)54-51-48-45-42-39-36-32-28-26-23-20-17-14-11-8-5-2/h9,12,15-16,18-19,21-22,24-25,34,37,40,43,57H,4-8,10-11,13-14,17,20,23,26-33,35-36,38-39,41-42,44-56H2,1-3H3/b12-9+,18-15+,19-16+,24-21+,25-22+,37-34+,43-40+. The normalized spacial score (nSPS) is 12.7. The second kappa shape index (κ2) is 54.2. The molecule has 0 aromatic rings. The molecule has 1 unspecified atom stereocenters. The lowest BCUT2D eigenvalue weighted by atomic mass is 10.0. The van der Waals surface area contributed by atoms with Gasteiger partial charge in [-0.2, -0.15) is 0 Å². The number of unbranched alkanes of at least 4 members (excludes halogenated alkanes) is 29. The predicted octanol–water partition coefficient (Wildman–Crippen LogP) is 18.4. The minimum absolute atomic E-state index is 0.0992. The minimum Gasteiger partial charge on any atom is -0.462 e. The van der Waals surface area contributed by atoms with Gasteiger partial charge in [-0.1, -0.05) is 266 Å². The first-order chi connectivity index (χ1) is 32.5. The van der Waals surface area contributed by atoms with Crippen LogP contribution in [0.4, 0.5) is 0 Å². The first-order valence-electron chi connectivity index (χ1n) is 27.7. The van der Waals surface area contributed by atoms with Gasteiger partial charge in [-0.05, 0) is 57.8 Å². The highest BCUT2D eigenvalue weighted by atomic mass is 16.6. The Hall–Kier alpha value is -3.41. The Labute approximate surface area is 407 Å². The molecule has 0 saturated carbocycles. The maximum atomic E-state index is 12.8. The van der Waals surface area contributed by atoms with Crippen molar-refractivity contribution in [2.24, 2.45) is 0 Å². The van der Waals surface area contributed by atoms with E-state index in [2.05, 4.69) is 51.2 Å². The van der Waals surface area contributed by atoms with Crippen LogP contribution in [0.2, 0.25) is 0 Å². The maximum absolute atomic E-state index is 12.8. The summed E-state index contributed by atoms with van der Waals surface area (Å²) in [6.45, 7) is 6.42. The maximum Gasteiger partial charge on any atom is 0.306 e. The summed E-state index contributed by atoms with van der Waals surface area (Å²) in [5.41, 5.74) is 0. The Morgan fingerprint density at radius 2 is 0.606 bits per heavy atom. The van der Waals surface area contributed by atoms with Crippen LogP contribution in [0.15, 0.2) is 85.1 Å². The first-order valence-corrected chi connectivity index (χ1v) is 27.7. The third-order valence-electron chi connectivity index (χ3n) is 11.8. The van der Waals surface area contributed by atoms with Crippen molar-refractivity contribution in [2.75, 3.05) is 13.2 Å². The monoisotopic (exact) mass is 919 g/mol. The van der Waals surface area contributed by atoms with E-state index in [0.29, 0.717) is 19.3 Å². The molecule has 0 spiro atoms. The number of ether oxygens (including phenoxy) is 3. The van der Waals surface area contributed by atoms with Crippen molar-refractivity contribution >= 4 is 17.9 Å². The zero-order valence-electron chi connectivity index (χ0n) is 43.2. The zero-order chi connectivity index (χ0) is 47.9. The quantitative estimate of drug-likeness (QED) is 0.0262. The van der Waals surface area contributed by atoms with Crippen molar-refractivity contribution in [3.8, 4) is 0 Å². The topological polar surface area (TPSA) is 78.9 Å². The smallest absolute Gasteiger partial charge is 0.306 e. The number of rotatable bonds is 49. The van der Waals surface area contributed by atoms with Gasteiger partial charge in [0.15, 0.2) is 6.10 Å². The van der Waals surface area contributed by atoms with Crippen LogP contribution in [0.25, 0.3) is 0 Å². The molecule has 66 heavy (non-hydrogen) atoms. The third kappa shape index (κ3) is 51.6. The average Bonchev–Trinajstić information content (AvgIpc) is 3.31. The molecule has 0 aliphatic heterocycles. The second-order valence-corrected chi connectivity index (χ2v) is 18.3. The molecular formula is C60H102O6. The van der Waals surface area contributed by atoms with Gasteiger partial charge < -0.3 is 14.2 Å². The summed E-state index contributed by atoms with van der Waals surface area (Å²) in [5, 5.41) is 0. The molecule has 6 heteroatoms. The zero-order valence-corrected chi connectivity index (χ0v) is 43.2. The van der Waals surface area contributed by atoms with Crippen molar-refractivity contribution in [1.82, 2.24) is 0 Å². The summed E-state index contributed by atoms with van der Waals surface area (Å²) < 4.78 is 16.8. The lowest BCUT2D eigenvalue weighted by molar-refractivity contribution is -0.167. The molecule has 378 valence electrons. The van der Waals surface area contributed by atoms with E-state index in [0.717, 1.165) is 51.4 Å². The van der Waals surface area contributed by atoms with E-state index in [1.54, 1.807) is 0 Å². The molecule has 0 N–H and O–H groups in total. The number of esters is 3. The Morgan fingerprint density at radius 1 is 0.318 bits per heavy atom. The molecule has 0 bridgehead atoms. The highest BCUT2D eigenvalue weighted by Crippen LogP contribution is 2.16. The summed E-state index contributed by atoms with van der Waals surface area (Å²) in [6, 6.07) is 0. The summed E-state index contributed by atoms with van der Waals surface area (Å²) in [4.78, 5) is 38.0. The lowest BCUT2D eigenvalue weighted by Gasteiger charge is -2.18. The fraction of sp³-hybridized carbons (Fsp3) is 0.717. The second-order valence-electron chi connectivity index (χ2n) is 18.3. The van der Waals surface area contributed by atoms with Gasteiger partial charge in [-0.3, -0.25) is 14.4 Å². The van der Waals surface area contributed by atoms with Crippen LogP contribution < -0.4 is 0 Å². The van der Waals surface area contributed by atoms with Crippen molar-refractivity contribution < 1.29 is 28.6 Å². The molecule has 0 aromatic carbocycles. The van der Waals surface area contributed by atoms with Crippen molar-refractivity contribution in [1.29, 1.82) is 0 Å². The Balaban J connectivity index is 4.42. The molecule has 0 rings (SSSR count). The van der Waals surface area contributed by atoms with Crippen LogP contribution in [-0.2, 0) is 28.6 Å². The van der Waals surface area contributed by atoms with Crippen LogP contribution in [-0.4, -0.2) is 37.2 Å². The van der Waals surface area contributed by atoms with E-state index in [9.17, 15) is 14.4 Å². The number of allylic oxidation sites excluding steroid dienone is 14. The van der Waals surface area contributed by atoms with Crippen molar-refractivity contribution in [2.45, 2.75) is 264 Å². The predicted molar refractivity (Wildman–Crippen MR) is 284 cm³/mol. The van der Waals surface area contributed by atoms with Crippen LogP contribution >= 0.6 is 0 Å². The number of hydrogen-bond acceptors (Lipinski definition) is 6. The summed E-state index contributed by atoms with van der Waals surface area (Å²) in [6.07, 6.45) is 70.1. The van der Waals surface area contributed by atoms with E-state index >= 15 is 0 Å². The Bertz CT molecular complexity index is 1290. The molecule has 6 nitrogen and oxygen atoms in total. The number of hydrogen-bond donors (Lipinski definition) is 0. The van der Waals surface area contributed by atoms with E-state index in [4.69, 9.17) is 14.2 Å². The van der Waals surface area contributed by atoms with Gasteiger partial charge in [-0.25, -0.2) is 0 Å². The van der Waals surface area contributed by atoms with Gasteiger partial charge in [0.25, 0.3) is 0 Å². The molecular weight excluding hydrogens is 817 g/mol. The number of carbonyl (C=O) groups is 3. The fourth-order valence-electron chi connectivity index (χ4n) is 7.64. The molecule has 0 fully saturated rings. The van der Waals surface area contributed by atoms with Gasteiger partial charge in [0.1, 0.15) is 13.2 Å². The minimum atomic E-state index is -0.805. The third-order valence-corrected chi connectivity index (χ3v) is 11.8. The van der Waals surface area contributed by atoms with Gasteiger partial charge >= 0.3 is 17.9 Å². The summed E-state index contributed by atoms with van der Waals surface area (Å²) >= 11 is 0. The van der Waals surface area contributed by atoms with Crippen LogP contribution in [0.3, 0.4) is 0 Å². The highest BCUT2D eigenvalue weighted by molar-refractivity contribution is 5.71. The first kappa shape index (κ1) is 62.6. The van der Waals surface area contributed by atoms with Gasteiger partial charge in [0, 0.05) is 19.3 Å². The van der Waals surface area contributed by atoms with E-state index in [1.807, 2.05) is 54.7 Å².